The monoisotopic (exact) mass is 419 g/mol. The molecule has 2 aliphatic heterocycles. The first-order valence-electron chi connectivity index (χ1n) is 10.1. The molecule has 0 radical (unpaired) electrons. The van der Waals surface area contributed by atoms with Gasteiger partial charge in [-0.3, -0.25) is 4.79 Å². The van der Waals surface area contributed by atoms with Crippen LogP contribution in [0.1, 0.15) is 31.1 Å². The summed E-state index contributed by atoms with van der Waals surface area (Å²) in [5.74, 6) is -0.169. The zero-order chi connectivity index (χ0) is 21.4. The van der Waals surface area contributed by atoms with Gasteiger partial charge in [0, 0.05) is 12.1 Å². The molecule has 29 heavy (non-hydrogen) atoms. The highest BCUT2D eigenvalue weighted by Crippen LogP contribution is 2.48. The number of rotatable bonds is 7. The van der Waals surface area contributed by atoms with Crippen molar-refractivity contribution in [2.75, 3.05) is 13.2 Å². The number of carbonyl (C=O) groups excluding carboxylic acids is 1. The molecular weight excluding hydrogens is 386 g/mol. The van der Waals surface area contributed by atoms with Gasteiger partial charge in [-0.2, -0.15) is 0 Å². The second-order valence-electron chi connectivity index (χ2n) is 9.44. The predicted molar refractivity (Wildman–Crippen MR) is 114 cm³/mol. The normalized spacial score (nSPS) is 30.2. The van der Waals surface area contributed by atoms with Crippen LogP contribution >= 0.6 is 0 Å². The predicted octanol–water partition coefficient (Wildman–Crippen LogP) is 2.89. The van der Waals surface area contributed by atoms with E-state index in [0.717, 1.165) is 0 Å². The van der Waals surface area contributed by atoms with Crippen molar-refractivity contribution in [2.45, 2.75) is 68.9 Å². The number of aliphatic hydroxyl groups excluding tert-OH is 1. The van der Waals surface area contributed by atoms with Gasteiger partial charge in [0.1, 0.15) is 30.0 Å². The zero-order valence-corrected chi connectivity index (χ0v) is 19.0. The molecule has 0 spiro atoms. The lowest BCUT2D eigenvalue weighted by Crippen LogP contribution is -2.56. The third-order valence-corrected chi connectivity index (χ3v) is 10.9. The Morgan fingerprint density at radius 3 is 2.66 bits per heavy atom. The minimum absolute atomic E-state index is 0.00632. The maximum Gasteiger partial charge on any atom is 0.251 e. The SMILES string of the molecule is C=C[C@H](O)[C@@]12CO[C@@H]([C@H](CNC(=O)c3ccccc3)O1)[C@@H]2O[Si](C)(C)C(C)(C)C. The fraction of sp³-hybridized carbons (Fsp3) is 0.591. The van der Waals surface area contributed by atoms with Gasteiger partial charge < -0.3 is 24.3 Å². The quantitative estimate of drug-likeness (QED) is 0.525. The van der Waals surface area contributed by atoms with Crippen molar-refractivity contribution in [3.8, 4) is 0 Å². The van der Waals surface area contributed by atoms with E-state index in [4.69, 9.17) is 13.9 Å². The van der Waals surface area contributed by atoms with E-state index in [-0.39, 0.29) is 30.2 Å². The summed E-state index contributed by atoms with van der Waals surface area (Å²) >= 11 is 0. The Hall–Kier alpha value is -1.51. The highest BCUT2D eigenvalue weighted by atomic mass is 28.4. The minimum Gasteiger partial charge on any atom is -0.408 e. The molecule has 7 heteroatoms. The molecule has 3 rings (SSSR count). The van der Waals surface area contributed by atoms with Gasteiger partial charge in [0.05, 0.1) is 6.61 Å². The van der Waals surface area contributed by atoms with Gasteiger partial charge in [0.25, 0.3) is 5.91 Å². The van der Waals surface area contributed by atoms with Gasteiger partial charge in [-0.25, -0.2) is 0 Å². The van der Waals surface area contributed by atoms with Crippen molar-refractivity contribution in [2.24, 2.45) is 0 Å². The number of hydrogen-bond donors (Lipinski definition) is 2. The molecule has 2 N–H and O–H groups in total. The average molecular weight is 420 g/mol. The summed E-state index contributed by atoms with van der Waals surface area (Å²) in [4.78, 5) is 12.4. The molecule has 2 fully saturated rings. The van der Waals surface area contributed by atoms with Crippen molar-refractivity contribution in [1.29, 1.82) is 0 Å². The van der Waals surface area contributed by atoms with Crippen molar-refractivity contribution in [1.82, 2.24) is 5.32 Å². The summed E-state index contributed by atoms with van der Waals surface area (Å²) in [6.45, 7) is 15.1. The lowest BCUT2D eigenvalue weighted by molar-refractivity contribution is -0.174. The molecule has 6 nitrogen and oxygen atoms in total. The molecule has 1 amide bonds. The van der Waals surface area contributed by atoms with Gasteiger partial charge in [0.15, 0.2) is 8.32 Å². The lowest BCUT2D eigenvalue weighted by atomic mass is 9.92. The van der Waals surface area contributed by atoms with E-state index in [9.17, 15) is 9.90 Å². The lowest BCUT2D eigenvalue weighted by Gasteiger charge is -2.41. The molecule has 5 atom stereocenters. The fourth-order valence-electron chi connectivity index (χ4n) is 3.65. The van der Waals surface area contributed by atoms with E-state index in [1.54, 1.807) is 12.1 Å². The van der Waals surface area contributed by atoms with E-state index < -0.39 is 32.2 Å². The highest BCUT2D eigenvalue weighted by molar-refractivity contribution is 6.74. The Bertz CT molecular complexity index is 747. The smallest absolute Gasteiger partial charge is 0.251 e. The average Bonchev–Trinajstić information content (AvgIpc) is 3.17. The molecule has 0 saturated carbocycles. The summed E-state index contributed by atoms with van der Waals surface area (Å²) in [7, 11) is -2.14. The first-order chi connectivity index (χ1) is 13.5. The summed E-state index contributed by atoms with van der Waals surface area (Å²) in [6.07, 6.45) is -0.610. The molecule has 2 aliphatic rings. The Kier molecular flexibility index (Phi) is 6.09. The van der Waals surface area contributed by atoms with Gasteiger partial charge in [-0.15, -0.1) is 6.58 Å². The van der Waals surface area contributed by atoms with Crippen molar-refractivity contribution < 1.29 is 23.8 Å². The van der Waals surface area contributed by atoms with Crippen LogP contribution in [0.5, 0.6) is 0 Å². The molecule has 2 bridgehead atoms. The molecule has 0 aliphatic carbocycles. The number of fused-ring (bicyclic) bond motifs is 2. The molecule has 1 aromatic rings. The third kappa shape index (κ3) is 4.07. The number of hydrogen-bond acceptors (Lipinski definition) is 5. The third-order valence-electron chi connectivity index (χ3n) is 6.47. The number of carbonyl (C=O) groups is 1. The Morgan fingerprint density at radius 2 is 2.07 bits per heavy atom. The van der Waals surface area contributed by atoms with E-state index in [0.29, 0.717) is 5.56 Å². The Labute approximate surface area is 174 Å². The number of ether oxygens (including phenoxy) is 2. The van der Waals surface area contributed by atoms with Gasteiger partial charge >= 0.3 is 0 Å². The maximum atomic E-state index is 12.4. The van der Waals surface area contributed by atoms with Crippen LogP contribution in [0.2, 0.25) is 18.1 Å². The Balaban J connectivity index is 1.77. The van der Waals surface area contributed by atoms with Crippen LogP contribution in [0.15, 0.2) is 43.0 Å². The summed E-state index contributed by atoms with van der Waals surface area (Å²) in [6, 6.07) is 9.04. The van der Waals surface area contributed by atoms with Crippen LogP contribution in [0, 0.1) is 0 Å². The maximum absolute atomic E-state index is 12.4. The van der Waals surface area contributed by atoms with E-state index >= 15 is 0 Å². The molecule has 160 valence electrons. The molecular formula is C22H33NO5Si. The molecule has 2 heterocycles. The van der Waals surface area contributed by atoms with E-state index in [1.807, 2.05) is 18.2 Å². The standard InChI is InChI=1S/C22H33NO5Si/c1-7-17(24)22-14-26-18(19(22)28-29(5,6)21(2,3)4)16(27-22)13-23-20(25)15-11-9-8-10-12-15/h7-12,16-19,24H,1,13-14H2,2-6H3,(H,23,25)/t16-,17-,18-,19-,22+/m0/s1. The van der Waals surface area contributed by atoms with E-state index in [1.165, 1.54) is 6.08 Å². The number of benzene rings is 1. The number of nitrogens with one attached hydrogen (secondary N) is 1. The van der Waals surface area contributed by atoms with Crippen molar-refractivity contribution in [3.63, 3.8) is 0 Å². The van der Waals surface area contributed by atoms with Gasteiger partial charge in [-0.1, -0.05) is 45.0 Å². The topological polar surface area (TPSA) is 77.0 Å². The molecule has 0 aromatic heterocycles. The highest BCUT2D eigenvalue weighted by Gasteiger charge is 2.66. The Morgan fingerprint density at radius 1 is 1.41 bits per heavy atom. The number of aliphatic hydroxyl groups is 1. The van der Waals surface area contributed by atoms with Crippen LogP contribution < -0.4 is 5.32 Å². The summed E-state index contributed by atoms with van der Waals surface area (Å²) in [5.41, 5.74) is -0.407. The molecule has 1 aromatic carbocycles. The molecule has 0 unspecified atom stereocenters. The summed E-state index contributed by atoms with van der Waals surface area (Å²) < 4.78 is 19.0. The van der Waals surface area contributed by atoms with Crippen molar-refractivity contribution >= 4 is 14.2 Å². The first kappa shape index (κ1) is 22.2. The second-order valence-corrected chi connectivity index (χ2v) is 14.2. The zero-order valence-electron chi connectivity index (χ0n) is 18.0. The largest absolute Gasteiger partial charge is 0.408 e. The van der Waals surface area contributed by atoms with Crippen LogP contribution in [-0.4, -0.2) is 62.5 Å². The molecule has 2 saturated heterocycles. The summed E-state index contributed by atoms with van der Waals surface area (Å²) in [5, 5.41) is 13.6. The van der Waals surface area contributed by atoms with Crippen LogP contribution in [0.3, 0.4) is 0 Å². The van der Waals surface area contributed by atoms with Crippen LogP contribution in [0.25, 0.3) is 0 Å². The van der Waals surface area contributed by atoms with Gasteiger partial charge in [0.2, 0.25) is 0 Å². The first-order valence-corrected chi connectivity index (χ1v) is 13.0. The van der Waals surface area contributed by atoms with Gasteiger partial charge in [-0.05, 0) is 30.3 Å². The minimum atomic E-state index is -2.14. The van der Waals surface area contributed by atoms with Crippen LogP contribution in [0.4, 0.5) is 0 Å². The second kappa shape index (κ2) is 7.96. The van der Waals surface area contributed by atoms with E-state index in [2.05, 4.69) is 45.8 Å². The fourth-order valence-corrected chi connectivity index (χ4v) is 4.97. The number of amides is 1. The van der Waals surface area contributed by atoms with Crippen LogP contribution in [-0.2, 0) is 13.9 Å². The van der Waals surface area contributed by atoms with Crippen molar-refractivity contribution in [3.05, 3.63) is 48.6 Å².